The zero-order valence-corrected chi connectivity index (χ0v) is 17.6. The van der Waals surface area contributed by atoms with Gasteiger partial charge in [-0.3, -0.25) is 4.98 Å². The van der Waals surface area contributed by atoms with Crippen LogP contribution in [0.2, 0.25) is 0 Å². The highest BCUT2D eigenvalue weighted by Crippen LogP contribution is 2.33. The van der Waals surface area contributed by atoms with E-state index in [0.717, 1.165) is 6.42 Å². The van der Waals surface area contributed by atoms with Crippen molar-refractivity contribution in [1.29, 1.82) is 0 Å². The van der Waals surface area contributed by atoms with Crippen LogP contribution in [0.25, 0.3) is 22.4 Å². The summed E-state index contributed by atoms with van der Waals surface area (Å²) >= 11 is 0. The van der Waals surface area contributed by atoms with Gasteiger partial charge in [-0.25, -0.2) is 17.8 Å². The summed E-state index contributed by atoms with van der Waals surface area (Å²) in [6, 6.07) is 11.1. The minimum Gasteiger partial charge on any atom is -0.396 e. The number of nitrogen functional groups attached to an aromatic ring is 1. The number of rotatable bonds is 5. The molecule has 0 saturated carbocycles. The lowest BCUT2D eigenvalue weighted by Crippen LogP contribution is -2.41. The molecule has 2 heterocycles. The highest BCUT2D eigenvalue weighted by molar-refractivity contribution is 7.89. The van der Waals surface area contributed by atoms with E-state index in [-0.39, 0.29) is 35.3 Å². The lowest BCUT2D eigenvalue weighted by Gasteiger charge is -2.31. The number of halogens is 1. The number of aromatic nitrogens is 2. The molecule has 3 N–H and O–H groups in total. The zero-order chi connectivity index (χ0) is 22.0. The fraction of sp³-hybridized carbons (Fsp3) is 0.273. The predicted molar refractivity (Wildman–Crippen MR) is 116 cm³/mol. The van der Waals surface area contributed by atoms with Crippen molar-refractivity contribution >= 4 is 15.8 Å². The number of hydrogen-bond acceptors (Lipinski definition) is 6. The Morgan fingerprint density at radius 3 is 2.65 bits per heavy atom. The second-order valence-electron chi connectivity index (χ2n) is 7.57. The van der Waals surface area contributed by atoms with Crippen LogP contribution in [-0.4, -0.2) is 47.5 Å². The molecule has 0 amide bonds. The molecular formula is C22H23FN4O3S. The Hall–Kier alpha value is -2.88. The third-order valence-electron chi connectivity index (χ3n) is 5.47. The van der Waals surface area contributed by atoms with Gasteiger partial charge in [0.25, 0.3) is 0 Å². The van der Waals surface area contributed by atoms with Crippen LogP contribution in [0.4, 0.5) is 10.2 Å². The maximum atomic E-state index is 14.9. The first-order valence-electron chi connectivity index (χ1n) is 9.98. The Bertz CT molecular complexity index is 1190. The van der Waals surface area contributed by atoms with E-state index >= 15 is 0 Å². The molecule has 1 aromatic heterocycles. The summed E-state index contributed by atoms with van der Waals surface area (Å²) in [7, 11) is -3.80. The van der Waals surface area contributed by atoms with Crippen LogP contribution >= 0.6 is 0 Å². The number of benzene rings is 2. The summed E-state index contributed by atoms with van der Waals surface area (Å²) in [4.78, 5) is 8.15. The first kappa shape index (κ1) is 21.4. The fourth-order valence-electron chi connectivity index (χ4n) is 3.83. The van der Waals surface area contributed by atoms with Gasteiger partial charge in [0.2, 0.25) is 10.0 Å². The van der Waals surface area contributed by atoms with Crippen LogP contribution in [0, 0.1) is 11.7 Å². The standard InChI is InChI=1S/C22H23FN4O3S/c23-19-10-16(7-8-18(19)20-11-26-22(24)12-25-20)17-5-1-2-6-21(17)31(29,30)27-9-3-4-15(13-27)14-28/h1-2,5-8,10-12,15,28H,3-4,9,13-14H2,(H2,24,26). The lowest BCUT2D eigenvalue weighted by atomic mass is 10.0. The molecule has 1 unspecified atom stereocenters. The summed E-state index contributed by atoms with van der Waals surface area (Å²) in [5, 5.41) is 9.46. The van der Waals surface area contributed by atoms with E-state index in [1.165, 1.54) is 28.8 Å². The van der Waals surface area contributed by atoms with Crippen LogP contribution < -0.4 is 5.73 Å². The minimum atomic E-state index is -3.80. The van der Waals surface area contributed by atoms with Gasteiger partial charge in [0.1, 0.15) is 11.6 Å². The van der Waals surface area contributed by atoms with Gasteiger partial charge >= 0.3 is 0 Å². The second-order valence-corrected chi connectivity index (χ2v) is 9.48. The van der Waals surface area contributed by atoms with Crippen molar-refractivity contribution in [3.63, 3.8) is 0 Å². The monoisotopic (exact) mass is 442 g/mol. The smallest absolute Gasteiger partial charge is 0.243 e. The zero-order valence-electron chi connectivity index (χ0n) is 16.8. The van der Waals surface area contributed by atoms with Gasteiger partial charge in [0.15, 0.2) is 0 Å². The average molecular weight is 443 g/mol. The molecule has 0 spiro atoms. The topological polar surface area (TPSA) is 109 Å². The number of nitrogens with zero attached hydrogens (tertiary/aromatic N) is 3. The first-order valence-corrected chi connectivity index (χ1v) is 11.4. The molecule has 0 bridgehead atoms. The van der Waals surface area contributed by atoms with E-state index in [4.69, 9.17) is 5.73 Å². The van der Waals surface area contributed by atoms with Crippen LogP contribution in [0.5, 0.6) is 0 Å². The minimum absolute atomic E-state index is 0.0473. The predicted octanol–water partition coefficient (Wildman–Crippen LogP) is 2.92. The molecule has 0 aliphatic carbocycles. The van der Waals surface area contributed by atoms with Crippen LogP contribution in [0.15, 0.2) is 59.8 Å². The molecule has 4 rings (SSSR count). The Kier molecular flexibility index (Phi) is 5.99. The van der Waals surface area contributed by atoms with Crippen molar-refractivity contribution in [1.82, 2.24) is 14.3 Å². The summed E-state index contributed by atoms with van der Waals surface area (Å²) in [5.74, 6) is -0.378. The van der Waals surface area contributed by atoms with Gasteiger partial charge in [-0.2, -0.15) is 4.31 Å². The molecule has 162 valence electrons. The number of nitrogens with two attached hydrogens (primary N) is 1. The largest absolute Gasteiger partial charge is 0.396 e. The molecule has 0 radical (unpaired) electrons. The van der Waals surface area contributed by atoms with Crippen molar-refractivity contribution in [3.05, 3.63) is 60.7 Å². The van der Waals surface area contributed by atoms with Crippen LogP contribution in [0.3, 0.4) is 0 Å². The molecule has 1 saturated heterocycles. The highest BCUT2D eigenvalue weighted by Gasteiger charge is 2.31. The molecule has 9 heteroatoms. The highest BCUT2D eigenvalue weighted by atomic mass is 32.2. The fourth-order valence-corrected chi connectivity index (χ4v) is 5.60. The van der Waals surface area contributed by atoms with E-state index in [1.807, 2.05) is 0 Å². The van der Waals surface area contributed by atoms with Crippen molar-refractivity contribution in [2.45, 2.75) is 17.7 Å². The quantitative estimate of drug-likeness (QED) is 0.629. The number of aliphatic hydroxyl groups is 1. The first-order chi connectivity index (χ1) is 14.9. The maximum Gasteiger partial charge on any atom is 0.243 e. The van der Waals surface area contributed by atoms with E-state index in [1.54, 1.807) is 30.3 Å². The van der Waals surface area contributed by atoms with Gasteiger partial charge in [-0.05, 0) is 42.5 Å². The molecule has 31 heavy (non-hydrogen) atoms. The van der Waals surface area contributed by atoms with Gasteiger partial charge in [0, 0.05) is 30.8 Å². The van der Waals surface area contributed by atoms with E-state index < -0.39 is 15.8 Å². The van der Waals surface area contributed by atoms with E-state index in [9.17, 15) is 17.9 Å². The molecular weight excluding hydrogens is 419 g/mol. The molecule has 1 aliphatic heterocycles. The number of anilines is 1. The van der Waals surface area contributed by atoms with Gasteiger partial charge in [-0.15, -0.1) is 0 Å². The average Bonchev–Trinajstić information content (AvgIpc) is 2.80. The second kappa shape index (κ2) is 8.70. The summed E-state index contributed by atoms with van der Waals surface area (Å²) in [6.45, 7) is 0.626. The van der Waals surface area contributed by atoms with Gasteiger partial charge in [0.05, 0.1) is 23.0 Å². The molecule has 2 aromatic carbocycles. The van der Waals surface area contributed by atoms with Crippen molar-refractivity contribution < 1.29 is 17.9 Å². The molecule has 1 atom stereocenters. The Balaban J connectivity index is 1.72. The number of hydrogen-bond donors (Lipinski definition) is 2. The number of piperidine rings is 1. The lowest BCUT2D eigenvalue weighted by molar-refractivity contribution is 0.165. The van der Waals surface area contributed by atoms with E-state index in [2.05, 4.69) is 9.97 Å². The van der Waals surface area contributed by atoms with Crippen LogP contribution in [0.1, 0.15) is 12.8 Å². The van der Waals surface area contributed by atoms with Crippen molar-refractivity contribution in [3.8, 4) is 22.4 Å². The number of aliphatic hydroxyl groups excluding tert-OH is 1. The van der Waals surface area contributed by atoms with Gasteiger partial charge in [-0.1, -0.05) is 24.3 Å². The van der Waals surface area contributed by atoms with Crippen molar-refractivity contribution in [2.24, 2.45) is 5.92 Å². The molecule has 3 aromatic rings. The summed E-state index contributed by atoms with van der Waals surface area (Å²) in [6.07, 6.45) is 4.23. The number of sulfonamides is 1. The van der Waals surface area contributed by atoms with Crippen LogP contribution in [-0.2, 0) is 10.0 Å². The SMILES string of the molecule is Nc1cnc(-c2ccc(-c3ccccc3S(=O)(=O)N3CCCC(CO)C3)cc2F)cn1. The summed E-state index contributed by atoms with van der Waals surface area (Å²) in [5.41, 5.74) is 6.98. The van der Waals surface area contributed by atoms with E-state index in [0.29, 0.717) is 29.8 Å². The molecule has 1 fully saturated rings. The third kappa shape index (κ3) is 4.30. The Labute approximate surface area is 180 Å². The van der Waals surface area contributed by atoms with Gasteiger partial charge < -0.3 is 10.8 Å². The van der Waals surface area contributed by atoms with Crippen molar-refractivity contribution in [2.75, 3.05) is 25.4 Å². The Morgan fingerprint density at radius 1 is 1.13 bits per heavy atom. The third-order valence-corrected chi connectivity index (χ3v) is 7.40. The Morgan fingerprint density at radius 2 is 1.94 bits per heavy atom. The summed E-state index contributed by atoms with van der Waals surface area (Å²) < 4.78 is 43.1. The molecule has 7 nitrogen and oxygen atoms in total. The maximum absolute atomic E-state index is 14.9. The molecule has 1 aliphatic rings. The normalized spacial score (nSPS) is 17.5.